The molecular formula is C26H25F2N3O2. The molecule has 5 rings (SSSR count). The molecule has 0 radical (unpaired) electrons. The predicted octanol–water partition coefficient (Wildman–Crippen LogP) is 5.38. The number of benzene rings is 2. The maximum Gasteiger partial charge on any atom is 0.250 e. The number of imidazole rings is 1. The van der Waals surface area contributed by atoms with E-state index in [1.807, 2.05) is 46.9 Å². The average Bonchev–Trinajstić information content (AvgIpc) is 3.38. The number of aromatic nitrogens is 2. The molecule has 0 saturated carbocycles. The van der Waals surface area contributed by atoms with Gasteiger partial charge in [-0.1, -0.05) is 12.1 Å². The van der Waals surface area contributed by atoms with E-state index in [1.165, 1.54) is 6.07 Å². The van der Waals surface area contributed by atoms with Gasteiger partial charge in [-0.05, 0) is 74.1 Å². The van der Waals surface area contributed by atoms with Crippen LogP contribution in [0.4, 0.5) is 8.78 Å². The van der Waals surface area contributed by atoms with Crippen molar-refractivity contribution in [2.75, 3.05) is 7.11 Å². The molecule has 170 valence electrons. The highest BCUT2D eigenvalue weighted by atomic mass is 19.2. The number of aryl methyl sites for hydroxylation is 1. The number of halogens is 2. The minimum absolute atomic E-state index is 0.0392. The normalized spacial score (nSPS) is 21.5. The van der Waals surface area contributed by atoms with Crippen molar-refractivity contribution in [3.63, 3.8) is 0 Å². The van der Waals surface area contributed by atoms with Crippen molar-refractivity contribution in [3.8, 4) is 11.4 Å². The van der Waals surface area contributed by atoms with E-state index in [4.69, 9.17) is 4.74 Å². The van der Waals surface area contributed by atoms with Crippen molar-refractivity contribution in [1.29, 1.82) is 0 Å². The first-order valence-electron chi connectivity index (χ1n) is 11.1. The largest absolute Gasteiger partial charge is 0.495 e. The van der Waals surface area contributed by atoms with Crippen LogP contribution in [0.25, 0.3) is 11.8 Å². The predicted molar refractivity (Wildman–Crippen MR) is 121 cm³/mol. The molecule has 2 aromatic carbocycles. The lowest BCUT2D eigenvalue weighted by molar-refractivity contribution is -0.130. The van der Waals surface area contributed by atoms with E-state index in [-0.39, 0.29) is 18.0 Å². The van der Waals surface area contributed by atoms with Crippen LogP contribution in [0.15, 0.2) is 54.5 Å². The number of methoxy groups -OCH3 is 1. The molecule has 0 bridgehead atoms. The molecule has 0 spiro atoms. The fourth-order valence-corrected chi connectivity index (χ4v) is 5.01. The van der Waals surface area contributed by atoms with E-state index in [9.17, 15) is 13.6 Å². The minimum atomic E-state index is -0.877. The monoisotopic (exact) mass is 449 g/mol. The molecule has 3 heterocycles. The maximum absolute atomic E-state index is 13.9. The fraction of sp³-hybridized carbons (Fsp3) is 0.308. The zero-order valence-corrected chi connectivity index (χ0v) is 18.6. The molecular weight excluding hydrogens is 424 g/mol. The first kappa shape index (κ1) is 21.4. The van der Waals surface area contributed by atoms with Crippen LogP contribution < -0.4 is 4.74 Å². The van der Waals surface area contributed by atoms with Crippen molar-refractivity contribution in [1.82, 2.24) is 14.5 Å². The molecule has 2 saturated heterocycles. The lowest BCUT2D eigenvalue weighted by Gasteiger charge is -2.37. The molecule has 33 heavy (non-hydrogen) atoms. The molecule has 0 unspecified atom stereocenters. The van der Waals surface area contributed by atoms with Crippen LogP contribution >= 0.6 is 0 Å². The highest BCUT2D eigenvalue weighted by Crippen LogP contribution is 2.42. The van der Waals surface area contributed by atoms with Gasteiger partial charge >= 0.3 is 0 Å². The number of hydrogen-bond donors (Lipinski definition) is 0. The average molecular weight is 450 g/mol. The summed E-state index contributed by atoms with van der Waals surface area (Å²) in [6.07, 6.45) is 8.81. The third kappa shape index (κ3) is 3.92. The van der Waals surface area contributed by atoms with Crippen molar-refractivity contribution < 1.29 is 18.3 Å². The Hall–Kier alpha value is -3.48. The first-order valence-corrected chi connectivity index (χ1v) is 11.1. The Labute approximate surface area is 191 Å². The number of hydrogen-bond acceptors (Lipinski definition) is 3. The molecule has 7 heteroatoms. The van der Waals surface area contributed by atoms with Crippen LogP contribution in [0, 0.1) is 18.6 Å². The fourth-order valence-electron chi connectivity index (χ4n) is 5.01. The number of rotatable bonds is 4. The molecule has 2 aliphatic rings. The van der Waals surface area contributed by atoms with Crippen LogP contribution in [0.5, 0.6) is 5.75 Å². The zero-order valence-electron chi connectivity index (χ0n) is 18.6. The standard InChI is InChI=1S/C26H25F2N3O2/c1-16-14-30(15-29-16)24-9-6-17(11-25(24)33-2)10-19-12-20-4-3-5-23(31(20)26(19)32)18-7-8-21(27)22(28)13-18/h6-11,13-15,20,23H,3-5,12H2,1-2H3/t20-,23-/m0/s1. The summed E-state index contributed by atoms with van der Waals surface area (Å²) in [6, 6.07) is 9.60. The van der Waals surface area contributed by atoms with Gasteiger partial charge in [0.2, 0.25) is 0 Å². The van der Waals surface area contributed by atoms with Gasteiger partial charge in [0.25, 0.3) is 5.91 Å². The van der Waals surface area contributed by atoms with Gasteiger partial charge in [0.1, 0.15) is 5.75 Å². The lowest BCUT2D eigenvalue weighted by Crippen LogP contribution is -2.40. The molecule has 2 fully saturated rings. The molecule has 1 amide bonds. The Morgan fingerprint density at radius 2 is 1.97 bits per heavy atom. The number of nitrogens with zero attached hydrogens (tertiary/aromatic N) is 3. The van der Waals surface area contributed by atoms with Gasteiger partial charge < -0.3 is 14.2 Å². The van der Waals surface area contributed by atoms with Gasteiger partial charge in [-0.25, -0.2) is 13.8 Å². The van der Waals surface area contributed by atoms with Gasteiger partial charge in [0, 0.05) is 17.8 Å². The quantitative estimate of drug-likeness (QED) is 0.503. The third-order valence-electron chi connectivity index (χ3n) is 6.57. The molecule has 3 aromatic rings. The van der Waals surface area contributed by atoms with Crippen LogP contribution in [-0.2, 0) is 4.79 Å². The summed E-state index contributed by atoms with van der Waals surface area (Å²) in [6.45, 7) is 1.93. The topological polar surface area (TPSA) is 47.4 Å². The summed E-state index contributed by atoms with van der Waals surface area (Å²) in [4.78, 5) is 19.5. The summed E-state index contributed by atoms with van der Waals surface area (Å²) in [5, 5.41) is 0. The smallest absolute Gasteiger partial charge is 0.250 e. The Morgan fingerprint density at radius 3 is 2.70 bits per heavy atom. The zero-order chi connectivity index (χ0) is 23.1. The van der Waals surface area contributed by atoms with Crippen molar-refractivity contribution in [2.24, 2.45) is 0 Å². The van der Waals surface area contributed by atoms with Gasteiger partial charge in [-0.3, -0.25) is 4.79 Å². The molecule has 2 aliphatic heterocycles. The Kier molecular flexibility index (Phi) is 5.48. The first-order chi connectivity index (χ1) is 15.9. The SMILES string of the molecule is COc1cc(C=C2C[C@@H]3CCC[C@@H](c4ccc(F)c(F)c4)N3C2=O)ccc1-n1cnc(C)c1. The second-order valence-electron chi connectivity index (χ2n) is 8.71. The van der Waals surface area contributed by atoms with E-state index in [0.717, 1.165) is 47.8 Å². The molecule has 0 aliphatic carbocycles. The maximum atomic E-state index is 13.9. The van der Waals surface area contributed by atoms with Gasteiger partial charge in [0.05, 0.1) is 30.9 Å². The van der Waals surface area contributed by atoms with Crippen LogP contribution in [-0.4, -0.2) is 33.5 Å². The number of carbonyl (C=O) groups excluding carboxylic acids is 1. The van der Waals surface area contributed by atoms with Crippen LogP contribution in [0.3, 0.4) is 0 Å². The van der Waals surface area contributed by atoms with Crippen molar-refractivity contribution in [3.05, 3.63) is 83.0 Å². The number of ether oxygens (including phenoxy) is 1. The highest BCUT2D eigenvalue weighted by Gasteiger charge is 2.42. The summed E-state index contributed by atoms with van der Waals surface area (Å²) < 4.78 is 34.8. The lowest BCUT2D eigenvalue weighted by atomic mass is 9.91. The highest BCUT2D eigenvalue weighted by molar-refractivity contribution is 6.00. The second-order valence-corrected chi connectivity index (χ2v) is 8.71. The summed E-state index contributed by atoms with van der Waals surface area (Å²) >= 11 is 0. The van der Waals surface area contributed by atoms with Gasteiger partial charge in [-0.15, -0.1) is 0 Å². The minimum Gasteiger partial charge on any atom is -0.495 e. The van der Waals surface area contributed by atoms with Crippen LogP contribution in [0.2, 0.25) is 0 Å². The number of carbonyl (C=O) groups is 1. The number of piperidine rings is 1. The Morgan fingerprint density at radius 1 is 1.12 bits per heavy atom. The van der Waals surface area contributed by atoms with E-state index < -0.39 is 11.6 Å². The van der Waals surface area contributed by atoms with Crippen molar-refractivity contribution >= 4 is 12.0 Å². The number of fused-ring (bicyclic) bond motifs is 1. The number of amides is 1. The van der Waals surface area contributed by atoms with Gasteiger partial charge in [-0.2, -0.15) is 0 Å². The molecule has 0 N–H and O–H groups in total. The van der Waals surface area contributed by atoms with E-state index in [0.29, 0.717) is 17.7 Å². The van der Waals surface area contributed by atoms with E-state index >= 15 is 0 Å². The molecule has 5 nitrogen and oxygen atoms in total. The summed E-state index contributed by atoms with van der Waals surface area (Å²) in [5.74, 6) is -1.10. The van der Waals surface area contributed by atoms with Gasteiger partial charge in [0.15, 0.2) is 11.6 Å². The third-order valence-corrected chi connectivity index (χ3v) is 6.57. The molecule has 2 atom stereocenters. The Balaban J connectivity index is 1.44. The summed E-state index contributed by atoms with van der Waals surface area (Å²) in [7, 11) is 1.62. The van der Waals surface area contributed by atoms with E-state index in [1.54, 1.807) is 19.5 Å². The second kappa shape index (κ2) is 8.46. The summed E-state index contributed by atoms with van der Waals surface area (Å²) in [5.41, 5.74) is 4.03. The van der Waals surface area contributed by atoms with Crippen LogP contribution in [0.1, 0.15) is 48.5 Å². The molecule has 1 aromatic heterocycles. The Bertz CT molecular complexity index is 1250. The van der Waals surface area contributed by atoms with Crippen molar-refractivity contribution in [2.45, 2.75) is 44.7 Å². The van der Waals surface area contributed by atoms with E-state index in [2.05, 4.69) is 4.98 Å².